The molecule has 8 heteroatoms. The van der Waals surface area contributed by atoms with Crippen molar-refractivity contribution in [2.24, 2.45) is 23.5 Å². The van der Waals surface area contributed by atoms with Crippen molar-refractivity contribution >= 4 is 17.5 Å². The number of benzene rings is 2. The second kappa shape index (κ2) is 10.5. The van der Waals surface area contributed by atoms with Crippen LogP contribution in [-0.2, 0) is 29.0 Å². The highest BCUT2D eigenvalue weighted by Gasteiger charge is 2.50. The Hall–Kier alpha value is -3.91. The normalized spacial score (nSPS) is 24.7. The number of aliphatic hydroxyl groups is 2. The molecule has 4 aliphatic rings. The van der Waals surface area contributed by atoms with E-state index >= 15 is 0 Å². The number of allylic oxidation sites excluding steroid dienone is 3. The van der Waals surface area contributed by atoms with Crippen LogP contribution in [0.1, 0.15) is 66.1 Å². The molecule has 3 atom stereocenters. The minimum absolute atomic E-state index is 0.0228. The summed E-state index contributed by atoms with van der Waals surface area (Å²) in [7, 11) is 0. The van der Waals surface area contributed by atoms with E-state index in [0.717, 1.165) is 48.3 Å². The number of nitrogens with zero attached hydrogens (tertiary/aromatic N) is 1. The molecule has 3 aliphatic carbocycles. The molecule has 41 heavy (non-hydrogen) atoms. The fraction of sp³-hybridized carbons (Fsp3) is 0.424. The molecule has 8 nitrogen and oxygen atoms in total. The minimum atomic E-state index is -1.12. The lowest BCUT2D eigenvalue weighted by molar-refractivity contribution is -0.126. The number of aryl methyl sites for hydroxylation is 1. The second-order valence-electron chi connectivity index (χ2n) is 11.9. The molecule has 0 radical (unpaired) electrons. The molecule has 2 aromatic rings. The summed E-state index contributed by atoms with van der Waals surface area (Å²) in [6, 6.07) is 9.94. The fourth-order valence-electron chi connectivity index (χ4n) is 7.55. The van der Waals surface area contributed by atoms with Gasteiger partial charge in [-0.05, 0) is 97.0 Å². The Morgan fingerprint density at radius 1 is 1.00 bits per heavy atom. The minimum Gasteiger partial charge on any atom is -0.511 e. The van der Waals surface area contributed by atoms with Crippen LogP contribution >= 0.6 is 0 Å². The highest BCUT2D eigenvalue weighted by molar-refractivity contribution is 6.22. The summed E-state index contributed by atoms with van der Waals surface area (Å²) in [6.07, 6.45) is 5.29. The molecule has 1 amide bonds. The van der Waals surface area contributed by atoms with Gasteiger partial charge in [-0.15, -0.1) is 0 Å². The SMILES string of the molecule is CCc1ccc(CN2CCCCC2)cc1-c1ccc(O)c2c1CC1CC3CC(O)=C(C(N)=O)C(=O)C3C(O)=C1C2=O. The number of amides is 1. The molecule has 3 unspecified atom stereocenters. The third-order valence-corrected chi connectivity index (χ3v) is 9.47. The van der Waals surface area contributed by atoms with Crippen molar-refractivity contribution in [3.63, 3.8) is 0 Å². The molecule has 1 saturated heterocycles. The van der Waals surface area contributed by atoms with E-state index in [1.54, 1.807) is 0 Å². The highest BCUT2D eigenvalue weighted by atomic mass is 16.3. The summed E-state index contributed by atoms with van der Waals surface area (Å²) in [4.78, 5) is 41.4. The summed E-state index contributed by atoms with van der Waals surface area (Å²) in [6.45, 7) is 5.14. The van der Waals surface area contributed by atoms with E-state index in [0.29, 0.717) is 12.8 Å². The Morgan fingerprint density at radius 2 is 1.76 bits per heavy atom. The molecule has 0 spiro atoms. The second-order valence-corrected chi connectivity index (χ2v) is 11.9. The number of carbonyl (C=O) groups is 3. The molecule has 0 aromatic heterocycles. The molecule has 0 bridgehead atoms. The monoisotopic (exact) mass is 556 g/mol. The van der Waals surface area contributed by atoms with Crippen LogP contribution < -0.4 is 5.73 Å². The third-order valence-electron chi connectivity index (χ3n) is 9.47. The van der Waals surface area contributed by atoms with Crippen molar-refractivity contribution in [2.75, 3.05) is 13.1 Å². The first kappa shape index (κ1) is 27.3. The molecular weight excluding hydrogens is 520 g/mol. The van der Waals surface area contributed by atoms with Crippen LogP contribution in [0.5, 0.6) is 5.75 Å². The van der Waals surface area contributed by atoms with E-state index in [1.165, 1.54) is 30.9 Å². The molecule has 1 fully saturated rings. The zero-order valence-electron chi connectivity index (χ0n) is 23.3. The first-order valence-electron chi connectivity index (χ1n) is 14.6. The summed E-state index contributed by atoms with van der Waals surface area (Å²) < 4.78 is 0. The maximum atomic E-state index is 14.0. The Labute approximate surface area is 239 Å². The summed E-state index contributed by atoms with van der Waals surface area (Å²) >= 11 is 0. The summed E-state index contributed by atoms with van der Waals surface area (Å²) in [5, 5.41) is 32.6. The standard InChI is InChI=1S/C33H36N2O6/c1-2-18-7-6-17(16-35-10-4-3-5-11-35)12-22(18)21-8-9-24(36)28-23(21)14-19-13-20-15-25(37)29(33(34)41)32(40)27(20)30(38)26(19)31(28)39/h6-9,12,19-20,27,36-38H,2-5,10-11,13-16H2,1H3,(H2,34,41). The van der Waals surface area contributed by atoms with E-state index in [9.17, 15) is 29.7 Å². The molecular formula is C33H36N2O6. The average molecular weight is 557 g/mol. The number of primary amides is 1. The number of phenolic OH excluding ortho intramolecular Hbond substituents is 1. The largest absolute Gasteiger partial charge is 0.511 e. The van der Waals surface area contributed by atoms with Crippen LogP contribution in [0, 0.1) is 17.8 Å². The predicted octanol–water partition coefficient (Wildman–Crippen LogP) is 4.68. The van der Waals surface area contributed by atoms with Gasteiger partial charge >= 0.3 is 0 Å². The number of aliphatic hydroxyl groups excluding tert-OH is 2. The van der Waals surface area contributed by atoms with E-state index in [2.05, 4.69) is 30.0 Å². The van der Waals surface area contributed by atoms with Crippen molar-refractivity contribution in [2.45, 2.75) is 58.4 Å². The van der Waals surface area contributed by atoms with Gasteiger partial charge in [0.2, 0.25) is 0 Å². The molecule has 1 heterocycles. The Bertz CT molecular complexity index is 1530. The maximum Gasteiger partial charge on any atom is 0.255 e. The summed E-state index contributed by atoms with van der Waals surface area (Å²) in [5.74, 6) is -5.19. The van der Waals surface area contributed by atoms with E-state index in [1.807, 2.05) is 6.07 Å². The lowest BCUT2D eigenvalue weighted by Gasteiger charge is -2.41. The van der Waals surface area contributed by atoms with Crippen LogP contribution in [-0.4, -0.2) is 50.8 Å². The number of hydrogen-bond donors (Lipinski definition) is 4. The van der Waals surface area contributed by atoms with Gasteiger partial charge in [0.1, 0.15) is 22.8 Å². The van der Waals surface area contributed by atoms with Crippen molar-refractivity contribution in [3.8, 4) is 16.9 Å². The number of aromatic hydroxyl groups is 1. The van der Waals surface area contributed by atoms with Crippen LogP contribution in [0.3, 0.4) is 0 Å². The van der Waals surface area contributed by atoms with Gasteiger partial charge in [-0.2, -0.15) is 0 Å². The number of ketones is 2. The van der Waals surface area contributed by atoms with E-state index in [4.69, 9.17) is 5.73 Å². The molecule has 0 saturated carbocycles. The van der Waals surface area contributed by atoms with Crippen molar-refractivity contribution in [1.82, 2.24) is 4.90 Å². The molecule has 1 aliphatic heterocycles. The fourth-order valence-corrected chi connectivity index (χ4v) is 7.55. The van der Waals surface area contributed by atoms with E-state index in [-0.39, 0.29) is 34.8 Å². The summed E-state index contributed by atoms with van der Waals surface area (Å²) in [5.41, 5.74) is 10.1. The first-order valence-corrected chi connectivity index (χ1v) is 14.6. The number of rotatable bonds is 5. The number of nitrogens with two attached hydrogens (primary N) is 1. The lowest BCUT2D eigenvalue weighted by atomic mass is 9.62. The Kier molecular flexibility index (Phi) is 6.98. The number of likely N-dealkylation sites (tertiary alicyclic amines) is 1. The Balaban J connectivity index is 1.42. The van der Waals surface area contributed by atoms with Gasteiger partial charge in [-0.25, -0.2) is 0 Å². The van der Waals surface area contributed by atoms with Gasteiger partial charge in [0.25, 0.3) is 5.91 Å². The molecule has 214 valence electrons. The van der Waals surface area contributed by atoms with Gasteiger partial charge in [0, 0.05) is 18.5 Å². The van der Waals surface area contributed by atoms with E-state index < -0.39 is 40.8 Å². The van der Waals surface area contributed by atoms with Crippen LogP contribution in [0.4, 0.5) is 0 Å². The lowest BCUT2D eigenvalue weighted by Crippen LogP contribution is -2.43. The van der Waals surface area contributed by atoms with Crippen LogP contribution in [0.15, 0.2) is 53.0 Å². The number of phenols is 1. The van der Waals surface area contributed by atoms with Gasteiger partial charge in [-0.3, -0.25) is 19.3 Å². The van der Waals surface area contributed by atoms with Crippen LogP contribution in [0.2, 0.25) is 0 Å². The molecule has 2 aromatic carbocycles. The highest BCUT2D eigenvalue weighted by Crippen LogP contribution is 2.51. The Morgan fingerprint density at radius 3 is 2.46 bits per heavy atom. The third kappa shape index (κ3) is 4.54. The molecule has 6 rings (SSSR count). The van der Waals surface area contributed by atoms with Crippen molar-refractivity contribution < 1.29 is 29.7 Å². The van der Waals surface area contributed by atoms with Crippen LogP contribution in [0.25, 0.3) is 11.1 Å². The van der Waals surface area contributed by atoms with Crippen molar-refractivity contribution in [1.29, 1.82) is 0 Å². The molecule has 5 N–H and O–H groups in total. The number of Topliss-reactive ketones (excluding diaryl/α,β-unsaturated/α-hetero) is 2. The quantitative estimate of drug-likeness (QED) is 0.392. The maximum absolute atomic E-state index is 14.0. The van der Waals surface area contributed by atoms with Gasteiger partial charge in [0.05, 0.1) is 11.5 Å². The average Bonchev–Trinajstić information content (AvgIpc) is 2.93. The zero-order valence-corrected chi connectivity index (χ0v) is 23.3. The number of carbonyl (C=O) groups excluding carboxylic acids is 3. The predicted molar refractivity (Wildman–Crippen MR) is 153 cm³/mol. The number of piperidine rings is 1. The van der Waals surface area contributed by atoms with Gasteiger partial charge < -0.3 is 21.1 Å². The van der Waals surface area contributed by atoms with Gasteiger partial charge in [0.15, 0.2) is 11.6 Å². The first-order chi connectivity index (χ1) is 19.7. The number of fused-ring (bicyclic) bond motifs is 3. The topological polar surface area (TPSA) is 141 Å². The zero-order chi connectivity index (χ0) is 29.0. The number of hydrogen-bond acceptors (Lipinski definition) is 7. The van der Waals surface area contributed by atoms with Crippen molar-refractivity contribution in [3.05, 3.63) is 75.3 Å². The smallest absolute Gasteiger partial charge is 0.255 e. The van der Waals surface area contributed by atoms with Gasteiger partial charge in [-0.1, -0.05) is 31.5 Å².